The molecular formula is C22H18N2O5S. The van der Waals surface area contributed by atoms with Crippen molar-refractivity contribution < 1.29 is 23.8 Å². The van der Waals surface area contributed by atoms with Crippen LogP contribution in [0.3, 0.4) is 0 Å². The van der Waals surface area contributed by atoms with Gasteiger partial charge in [-0.15, -0.1) is 11.3 Å². The van der Waals surface area contributed by atoms with Gasteiger partial charge in [0.05, 0.1) is 11.1 Å². The standard InChI is InChI=1S/C22H18N2O5S/c1-11-12(2)30-21-18(11)20(25)23-19(24-21)13-3-6-15(7-4-13)29-22(26)14-5-8-16-17(9-14)28-10-27-16/h3-9,19,24H,10H2,1-2H3,(H,23,25). The van der Waals surface area contributed by atoms with Crippen LogP contribution in [0.25, 0.3) is 0 Å². The van der Waals surface area contributed by atoms with Crippen molar-refractivity contribution in [2.75, 3.05) is 12.1 Å². The number of rotatable bonds is 3. The molecule has 1 aromatic heterocycles. The van der Waals surface area contributed by atoms with E-state index >= 15 is 0 Å². The van der Waals surface area contributed by atoms with Gasteiger partial charge in [-0.25, -0.2) is 4.79 Å². The minimum absolute atomic E-state index is 0.0890. The van der Waals surface area contributed by atoms with Crippen molar-refractivity contribution in [3.8, 4) is 17.2 Å². The number of carbonyl (C=O) groups excluding carboxylic acids is 2. The Morgan fingerprint density at radius 1 is 1.07 bits per heavy atom. The van der Waals surface area contributed by atoms with Crippen molar-refractivity contribution in [3.63, 3.8) is 0 Å². The van der Waals surface area contributed by atoms with E-state index in [1.54, 1.807) is 41.7 Å². The van der Waals surface area contributed by atoms with Gasteiger partial charge in [-0.3, -0.25) is 4.79 Å². The Bertz CT molecular complexity index is 1170. The van der Waals surface area contributed by atoms with Crippen molar-refractivity contribution in [1.29, 1.82) is 0 Å². The number of thiophene rings is 1. The van der Waals surface area contributed by atoms with E-state index in [-0.39, 0.29) is 18.9 Å². The molecule has 0 saturated carbocycles. The lowest BCUT2D eigenvalue weighted by molar-refractivity contribution is 0.0734. The highest BCUT2D eigenvalue weighted by molar-refractivity contribution is 7.16. The minimum Gasteiger partial charge on any atom is -0.454 e. The first-order valence-corrected chi connectivity index (χ1v) is 10.2. The third-order valence-corrected chi connectivity index (χ3v) is 6.33. The Labute approximate surface area is 176 Å². The van der Waals surface area contributed by atoms with E-state index in [0.29, 0.717) is 28.4 Å². The quantitative estimate of drug-likeness (QED) is 0.487. The number of esters is 1. The van der Waals surface area contributed by atoms with Crippen molar-refractivity contribution >= 4 is 28.2 Å². The maximum absolute atomic E-state index is 12.5. The van der Waals surface area contributed by atoms with Gasteiger partial charge in [-0.2, -0.15) is 0 Å². The summed E-state index contributed by atoms with van der Waals surface area (Å²) in [6.07, 6.45) is -0.346. The van der Waals surface area contributed by atoms with Crippen LogP contribution in [-0.2, 0) is 0 Å². The highest BCUT2D eigenvalue weighted by atomic mass is 32.1. The summed E-state index contributed by atoms with van der Waals surface area (Å²) in [5.41, 5.74) is 2.95. The summed E-state index contributed by atoms with van der Waals surface area (Å²) in [6, 6.07) is 12.0. The average molecular weight is 422 g/mol. The number of ether oxygens (including phenoxy) is 3. The molecule has 1 amide bonds. The topological polar surface area (TPSA) is 85.9 Å². The zero-order chi connectivity index (χ0) is 20.8. The van der Waals surface area contributed by atoms with Crippen molar-refractivity contribution in [2.24, 2.45) is 0 Å². The summed E-state index contributed by atoms with van der Waals surface area (Å²) in [4.78, 5) is 26.1. The van der Waals surface area contributed by atoms with Crippen LogP contribution in [0, 0.1) is 13.8 Å². The van der Waals surface area contributed by atoms with Crippen molar-refractivity contribution in [3.05, 3.63) is 69.6 Å². The summed E-state index contributed by atoms with van der Waals surface area (Å²) >= 11 is 1.58. The summed E-state index contributed by atoms with van der Waals surface area (Å²) in [5, 5.41) is 7.22. The molecule has 0 bridgehead atoms. The molecule has 2 aromatic carbocycles. The fraction of sp³-hybridized carbons (Fsp3) is 0.182. The molecule has 3 heterocycles. The molecule has 8 heteroatoms. The van der Waals surface area contributed by atoms with Crippen LogP contribution >= 0.6 is 11.3 Å². The van der Waals surface area contributed by atoms with E-state index in [1.807, 2.05) is 26.0 Å². The molecule has 0 saturated heterocycles. The van der Waals surface area contributed by atoms with E-state index in [4.69, 9.17) is 14.2 Å². The second-order valence-electron chi connectivity index (χ2n) is 7.06. The van der Waals surface area contributed by atoms with Crippen LogP contribution in [0.1, 0.15) is 42.9 Å². The molecule has 0 radical (unpaired) electrons. The van der Waals surface area contributed by atoms with Crippen molar-refractivity contribution in [1.82, 2.24) is 5.32 Å². The Hall–Kier alpha value is -3.52. The average Bonchev–Trinajstić information content (AvgIpc) is 3.32. The molecule has 152 valence electrons. The summed E-state index contributed by atoms with van der Waals surface area (Å²) in [7, 11) is 0. The monoisotopic (exact) mass is 422 g/mol. The zero-order valence-corrected chi connectivity index (χ0v) is 17.1. The van der Waals surface area contributed by atoms with Gasteiger partial charge in [0.15, 0.2) is 11.5 Å². The second kappa shape index (κ2) is 7.07. The molecule has 30 heavy (non-hydrogen) atoms. The van der Waals surface area contributed by atoms with Gasteiger partial charge in [-0.1, -0.05) is 12.1 Å². The van der Waals surface area contributed by atoms with Gasteiger partial charge < -0.3 is 24.8 Å². The molecule has 0 aliphatic carbocycles. The SMILES string of the molecule is Cc1sc2c(c1C)C(=O)NC(c1ccc(OC(=O)c3ccc4c(c3)OCO4)cc1)N2. The van der Waals surface area contributed by atoms with E-state index in [0.717, 1.165) is 21.0 Å². The van der Waals surface area contributed by atoms with Crippen LogP contribution in [0.5, 0.6) is 17.2 Å². The normalized spacial score (nSPS) is 16.5. The molecule has 1 unspecified atom stereocenters. The number of carbonyl (C=O) groups is 2. The van der Waals surface area contributed by atoms with E-state index < -0.39 is 5.97 Å². The number of fused-ring (bicyclic) bond motifs is 2. The molecule has 2 N–H and O–H groups in total. The summed E-state index contributed by atoms with van der Waals surface area (Å²) < 4.78 is 16.0. The van der Waals surface area contributed by atoms with Crippen LogP contribution in [0.15, 0.2) is 42.5 Å². The third-order valence-electron chi connectivity index (χ3n) is 5.20. The Morgan fingerprint density at radius 2 is 1.83 bits per heavy atom. The van der Waals surface area contributed by atoms with Crippen molar-refractivity contribution in [2.45, 2.75) is 20.0 Å². The predicted molar refractivity (Wildman–Crippen MR) is 112 cm³/mol. The largest absolute Gasteiger partial charge is 0.454 e. The minimum atomic E-state index is -0.487. The number of aryl methyl sites for hydroxylation is 1. The Kier molecular flexibility index (Phi) is 4.36. The number of benzene rings is 2. The predicted octanol–water partition coefficient (Wildman–Crippen LogP) is 4.17. The fourth-order valence-corrected chi connectivity index (χ4v) is 4.54. The molecule has 2 aliphatic heterocycles. The fourth-order valence-electron chi connectivity index (χ4n) is 3.46. The van der Waals surface area contributed by atoms with Gasteiger partial charge in [0.2, 0.25) is 6.79 Å². The van der Waals surface area contributed by atoms with Crippen LogP contribution in [-0.4, -0.2) is 18.7 Å². The van der Waals surface area contributed by atoms with Crippen LogP contribution in [0.2, 0.25) is 0 Å². The molecular weight excluding hydrogens is 404 g/mol. The molecule has 5 rings (SSSR count). The number of hydrogen-bond acceptors (Lipinski definition) is 7. The Balaban J connectivity index is 1.30. The number of anilines is 1. The van der Waals surface area contributed by atoms with Gasteiger partial charge in [-0.05, 0) is 55.3 Å². The summed E-state index contributed by atoms with van der Waals surface area (Å²) in [6.45, 7) is 4.11. The maximum Gasteiger partial charge on any atom is 0.343 e. The first-order chi connectivity index (χ1) is 14.5. The number of nitrogens with one attached hydrogen (secondary N) is 2. The smallest absolute Gasteiger partial charge is 0.343 e. The van der Waals surface area contributed by atoms with Gasteiger partial charge in [0.25, 0.3) is 5.91 Å². The van der Waals surface area contributed by atoms with Gasteiger partial charge in [0.1, 0.15) is 16.9 Å². The van der Waals surface area contributed by atoms with Crippen LogP contribution in [0.4, 0.5) is 5.00 Å². The number of amides is 1. The maximum atomic E-state index is 12.5. The first kappa shape index (κ1) is 18.5. The van der Waals surface area contributed by atoms with E-state index in [1.165, 1.54) is 0 Å². The molecule has 7 nitrogen and oxygen atoms in total. The molecule has 0 spiro atoms. The Morgan fingerprint density at radius 3 is 2.63 bits per heavy atom. The van der Waals surface area contributed by atoms with E-state index in [9.17, 15) is 9.59 Å². The highest BCUT2D eigenvalue weighted by Crippen LogP contribution is 2.37. The molecule has 3 aromatic rings. The zero-order valence-electron chi connectivity index (χ0n) is 16.3. The molecule has 1 atom stereocenters. The first-order valence-electron chi connectivity index (χ1n) is 9.39. The van der Waals surface area contributed by atoms with Gasteiger partial charge >= 0.3 is 5.97 Å². The lowest BCUT2D eigenvalue weighted by Crippen LogP contribution is -2.38. The lowest BCUT2D eigenvalue weighted by Gasteiger charge is -2.26. The molecule has 0 fully saturated rings. The van der Waals surface area contributed by atoms with Crippen LogP contribution < -0.4 is 24.8 Å². The van der Waals surface area contributed by atoms with E-state index in [2.05, 4.69) is 10.6 Å². The van der Waals surface area contributed by atoms with Gasteiger partial charge in [0, 0.05) is 4.88 Å². The summed E-state index contributed by atoms with van der Waals surface area (Å²) in [5.74, 6) is 0.967. The third kappa shape index (κ3) is 3.15. The molecule has 2 aliphatic rings. The number of hydrogen-bond donors (Lipinski definition) is 2. The lowest BCUT2D eigenvalue weighted by atomic mass is 10.1. The second-order valence-corrected chi connectivity index (χ2v) is 8.29. The highest BCUT2D eigenvalue weighted by Gasteiger charge is 2.29.